The third-order valence-corrected chi connectivity index (χ3v) is 8.80. The molecule has 1 saturated carbocycles. The second kappa shape index (κ2) is 15.3. The second-order valence-corrected chi connectivity index (χ2v) is 12.0. The van der Waals surface area contributed by atoms with Crippen LogP contribution in [0.2, 0.25) is 0 Å². The molecule has 238 valence electrons. The van der Waals surface area contributed by atoms with Crippen molar-refractivity contribution in [1.29, 1.82) is 0 Å². The number of benzene rings is 2. The molecular formula is C32H46N2O9. The third-order valence-electron chi connectivity index (χ3n) is 8.80. The van der Waals surface area contributed by atoms with Crippen LogP contribution < -0.4 is 5.73 Å². The molecule has 1 aliphatic carbocycles. The Morgan fingerprint density at radius 2 is 1.28 bits per heavy atom. The van der Waals surface area contributed by atoms with E-state index in [0.717, 1.165) is 36.8 Å². The molecule has 11 nitrogen and oxygen atoms in total. The molecule has 9 atom stereocenters. The molecular weight excluding hydrogens is 556 g/mol. The van der Waals surface area contributed by atoms with Crippen molar-refractivity contribution >= 4 is 0 Å². The van der Waals surface area contributed by atoms with Crippen molar-refractivity contribution in [2.75, 3.05) is 26.3 Å². The fourth-order valence-electron chi connectivity index (χ4n) is 6.24. The number of hydrogen-bond donors (Lipinski definition) is 6. The maximum absolute atomic E-state index is 11.2. The van der Waals surface area contributed by atoms with Gasteiger partial charge in [-0.15, -0.1) is 0 Å². The van der Waals surface area contributed by atoms with Crippen LogP contribution in [0.5, 0.6) is 0 Å². The van der Waals surface area contributed by atoms with Crippen molar-refractivity contribution in [3.63, 3.8) is 0 Å². The summed E-state index contributed by atoms with van der Waals surface area (Å²) in [6, 6.07) is 18.7. The maximum atomic E-state index is 11.2. The Bertz CT molecular complexity index is 1090. The van der Waals surface area contributed by atoms with Crippen LogP contribution in [0, 0.1) is 0 Å². The minimum absolute atomic E-state index is 0.00440. The van der Waals surface area contributed by atoms with Crippen molar-refractivity contribution in [3.8, 4) is 0 Å². The first kappa shape index (κ1) is 32.4. The number of rotatable bonds is 11. The summed E-state index contributed by atoms with van der Waals surface area (Å²) in [6.07, 6.45) is -5.91. The third kappa shape index (κ3) is 8.38. The maximum Gasteiger partial charge on any atom is 0.184 e. The summed E-state index contributed by atoms with van der Waals surface area (Å²) in [4.78, 5) is 1.90. The van der Waals surface area contributed by atoms with Gasteiger partial charge in [-0.2, -0.15) is 0 Å². The Kier molecular flexibility index (Phi) is 11.5. The molecule has 0 amide bonds. The number of hydrogen-bond acceptors (Lipinski definition) is 11. The molecule has 5 rings (SSSR count). The molecule has 0 radical (unpaired) electrons. The van der Waals surface area contributed by atoms with Gasteiger partial charge in [0.15, 0.2) is 12.6 Å². The summed E-state index contributed by atoms with van der Waals surface area (Å²) >= 11 is 0. The van der Waals surface area contributed by atoms with Crippen molar-refractivity contribution < 1.29 is 44.5 Å². The molecule has 2 aromatic rings. The first-order valence-electron chi connectivity index (χ1n) is 15.3. The average molecular weight is 603 g/mol. The Labute approximate surface area is 252 Å². The van der Waals surface area contributed by atoms with Gasteiger partial charge in [-0.1, -0.05) is 60.7 Å². The van der Waals surface area contributed by atoms with E-state index in [1.807, 2.05) is 65.6 Å². The van der Waals surface area contributed by atoms with Gasteiger partial charge in [0.25, 0.3) is 0 Å². The zero-order chi connectivity index (χ0) is 30.3. The van der Waals surface area contributed by atoms with Crippen molar-refractivity contribution in [2.24, 2.45) is 5.73 Å². The predicted molar refractivity (Wildman–Crippen MR) is 156 cm³/mol. The molecule has 2 aromatic carbocycles. The van der Waals surface area contributed by atoms with Gasteiger partial charge >= 0.3 is 0 Å². The van der Waals surface area contributed by atoms with E-state index in [0.29, 0.717) is 13.0 Å². The van der Waals surface area contributed by atoms with E-state index in [2.05, 4.69) is 0 Å². The summed E-state index contributed by atoms with van der Waals surface area (Å²) in [6.45, 7) is 0.361. The SMILES string of the molecule is NC1CCC(N(C[C@H](O)[C@@H](O)[C@H]2CCOC(c3ccccc3)O2)C[C@H](O)[C@@H](O)[C@@H]2OC(c3ccccc3)OC[C@H]2O)CC1. The van der Waals surface area contributed by atoms with Gasteiger partial charge in [-0.25, -0.2) is 0 Å². The van der Waals surface area contributed by atoms with E-state index in [1.54, 1.807) is 0 Å². The highest BCUT2D eigenvalue weighted by Gasteiger charge is 2.41. The molecule has 43 heavy (non-hydrogen) atoms. The van der Waals surface area contributed by atoms with E-state index in [1.165, 1.54) is 0 Å². The lowest BCUT2D eigenvalue weighted by molar-refractivity contribution is -0.283. The number of aliphatic hydroxyl groups is 5. The van der Waals surface area contributed by atoms with Gasteiger partial charge in [0.2, 0.25) is 0 Å². The lowest BCUT2D eigenvalue weighted by Gasteiger charge is -2.42. The number of nitrogens with two attached hydrogens (primary N) is 1. The predicted octanol–water partition coefficient (Wildman–Crippen LogP) is 0.981. The van der Waals surface area contributed by atoms with Crippen LogP contribution in [0.25, 0.3) is 0 Å². The minimum atomic E-state index is -1.43. The van der Waals surface area contributed by atoms with Crippen LogP contribution in [0.15, 0.2) is 60.7 Å². The molecule has 7 N–H and O–H groups in total. The number of nitrogens with zero attached hydrogens (tertiary/aromatic N) is 1. The molecule has 11 heteroatoms. The molecule has 0 spiro atoms. The minimum Gasteiger partial charge on any atom is -0.389 e. The van der Waals surface area contributed by atoms with Crippen LogP contribution >= 0.6 is 0 Å². The zero-order valence-electron chi connectivity index (χ0n) is 24.4. The highest BCUT2D eigenvalue weighted by Crippen LogP contribution is 2.31. The smallest absolute Gasteiger partial charge is 0.184 e. The zero-order valence-corrected chi connectivity index (χ0v) is 24.4. The van der Waals surface area contributed by atoms with Gasteiger partial charge in [0, 0.05) is 36.3 Å². The Balaban J connectivity index is 1.23. The molecule has 3 aliphatic rings. The summed E-state index contributed by atoms with van der Waals surface area (Å²) in [5.41, 5.74) is 7.72. The highest BCUT2D eigenvalue weighted by atomic mass is 16.7. The van der Waals surface area contributed by atoms with Crippen LogP contribution in [-0.2, 0) is 18.9 Å². The summed E-state index contributed by atoms with van der Waals surface area (Å²) in [7, 11) is 0. The van der Waals surface area contributed by atoms with E-state index in [-0.39, 0.29) is 31.8 Å². The molecule has 0 bridgehead atoms. The molecule has 2 unspecified atom stereocenters. The Morgan fingerprint density at radius 3 is 1.88 bits per heavy atom. The number of aliphatic hydroxyl groups excluding tert-OH is 5. The largest absolute Gasteiger partial charge is 0.389 e. The first-order chi connectivity index (χ1) is 20.8. The average Bonchev–Trinajstić information content (AvgIpc) is 3.05. The lowest BCUT2D eigenvalue weighted by Crippen LogP contribution is -2.56. The molecule has 2 heterocycles. The van der Waals surface area contributed by atoms with E-state index in [9.17, 15) is 25.5 Å². The van der Waals surface area contributed by atoms with Crippen molar-refractivity contribution in [3.05, 3.63) is 71.8 Å². The van der Waals surface area contributed by atoms with E-state index < -0.39 is 55.3 Å². The standard InChI is InChI=1S/C32H46N2O9/c33-22-11-13-23(14-12-22)34(17-24(35)28(38)27-15-16-40-31(42-27)20-7-3-1-4-8-20)18-25(36)29(39)30-26(37)19-41-32(43-30)21-9-5-2-6-10-21/h1-10,22-32,35-39H,11-19,33H2/t22?,23?,24-,25-,26+,27+,28+,29+,30+,31?,32?/m0/s1. The Morgan fingerprint density at radius 1 is 0.721 bits per heavy atom. The molecule has 0 aromatic heterocycles. The lowest BCUT2D eigenvalue weighted by atomic mass is 9.89. The summed E-state index contributed by atoms with van der Waals surface area (Å²) in [5.74, 6) is 0. The van der Waals surface area contributed by atoms with Crippen LogP contribution in [-0.4, -0.2) is 112 Å². The van der Waals surface area contributed by atoms with Crippen molar-refractivity contribution in [2.45, 2.75) is 99.5 Å². The fraction of sp³-hybridized carbons (Fsp3) is 0.625. The second-order valence-electron chi connectivity index (χ2n) is 12.0. The summed E-state index contributed by atoms with van der Waals surface area (Å²) < 4.78 is 23.3. The van der Waals surface area contributed by atoms with Gasteiger partial charge in [0.05, 0.1) is 31.5 Å². The monoisotopic (exact) mass is 602 g/mol. The molecule has 2 aliphatic heterocycles. The van der Waals surface area contributed by atoms with Crippen molar-refractivity contribution in [1.82, 2.24) is 4.90 Å². The fourth-order valence-corrected chi connectivity index (χ4v) is 6.24. The normalized spacial score (nSPS) is 33.0. The van der Waals surface area contributed by atoms with Gasteiger partial charge in [0.1, 0.15) is 24.4 Å². The Hall–Kier alpha value is -2.00. The van der Waals surface area contributed by atoms with E-state index in [4.69, 9.17) is 24.7 Å². The van der Waals surface area contributed by atoms with Crippen LogP contribution in [0.3, 0.4) is 0 Å². The van der Waals surface area contributed by atoms with Gasteiger partial charge < -0.3 is 50.2 Å². The topological polar surface area (TPSA) is 167 Å². The first-order valence-corrected chi connectivity index (χ1v) is 15.3. The molecule has 2 saturated heterocycles. The van der Waals surface area contributed by atoms with E-state index >= 15 is 0 Å². The van der Waals surface area contributed by atoms with Crippen LogP contribution in [0.4, 0.5) is 0 Å². The molecule has 3 fully saturated rings. The van der Waals surface area contributed by atoms with Crippen LogP contribution in [0.1, 0.15) is 55.8 Å². The number of ether oxygens (including phenoxy) is 4. The van der Waals surface area contributed by atoms with Gasteiger partial charge in [-0.05, 0) is 32.1 Å². The highest BCUT2D eigenvalue weighted by molar-refractivity contribution is 5.17. The summed E-state index contributed by atoms with van der Waals surface area (Å²) in [5, 5.41) is 55.4. The van der Waals surface area contributed by atoms with Gasteiger partial charge in [-0.3, -0.25) is 4.90 Å². The quantitative estimate of drug-likeness (QED) is 0.217.